The zero-order chi connectivity index (χ0) is 19.0. The fraction of sp³-hybridized carbons (Fsp3) is 0.238. The lowest BCUT2D eigenvalue weighted by molar-refractivity contribution is -0.142. The minimum atomic E-state index is -0.926. The van der Waals surface area contributed by atoms with Gasteiger partial charge in [-0.1, -0.05) is 18.2 Å². The molecule has 0 amide bonds. The second-order valence-corrected chi connectivity index (χ2v) is 6.78. The summed E-state index contributed by atoms with van der Waals surface area (Å²) in [5.74, 6) is -2.26. The van der Waals surface area contributed by atoms with Gasteiger partial charge in [-0.05, 0) is 42.0 Å². The molecule has 1 aliphatic heterocycles. The zero-order valence-electron chi connectivity index (χ0n) is 14.5. The smallest absolute Gasteiger partial charge is 0.320 e. The largest absolute Gasteiger partial charge is 0.480 e. The van der Waals surface area contributed by atoms with Gasteiger partial charge in [-0.3, -0.25) is 14.7 Å². The minimum Gasteiger partial charge on any atom is -0.480 e. The Bertz CT molecular complexity index is 1010. The monoisotopic (exact) mass is 368 g/mol. The molecule has 0 radical (unpaired) electrons. The number of carboxylic acids is 1. The molecule has 0 saturated carbocycles. The van der Waals surface area contributed by atoms with Gasteiger partial charge >= 0.3 is 5.97 Å². The normalized spacial score (nSPS) is 18.7. The fourth-order valence-corrected chi connectivity index (χ4v) is 3.91. The van der Waals surface area contributed by atoms with Gasteiger partial charge < -0.3 is 5.11 Å². The molecule has 6 heteroatoms. The van der Waals surface area contributed by atoms with Crippen LogP contribution < -0.4 is 0 Å². The summed E-state index contributed by atoms with van der Waals surface area (Å²) >= 11 is 0. The average molecular weight is 368 g/mol. The van der Waals surface area contributed by atoms with Crippen molar-refractivity contribution in [3.05, 3.63) is 77.6 Å². The first kappa shape index (κ1) is 17.5. The van der Waals surface area contributed by atoms with Crippen LogP contribution >= 0.6 is 0 Å². The third-order valence-corrected chi connectivity index (χ3v) is 5.15. The number of carboxylic acid groups (broad SMARTS) is 1. The Morgan fingerprint density at radius 2 is 2.00 bits per heavy atom. The Kier molecular flexibility index (Phi) is 4.58. The molecule has 4 nitrogen and oxygen atoms in total. The number of rotatable bonds is 4. The lowest BCUT2D eigenvalue weighted by atomic mass is 9.94. The maximum absolute atomic E-state index is 14.7. The van der Waals surface area contributed by atoms with E-state index >= 15 is 0 Å². The van der Waals surface area contributed by atoms with Crippen molar-refractivity contribution in [1.29, 1.82) is 0 Å². The average Bonchev–Trinajstić information content (AvgIpc) is 3.13. The quantitative estimate of drug-likeness (QED) is 0.752. The zero-order valence-corrected chi connectivity index (χ0v) is 14.5. The number of fused-ring (bicyclic) bond motifs is 1. The van der Waals surface area contributed by atoms with Crippen LogP contribution in [0.2, 0.25) is 0 Å². The Morgan fingerprint density at radius 3 is 2.78 bits per heavy atom. The van der Waals surface area contributed by atoms with E-state index < -0.39 is 29.7 Å². The highest BCUT2D eigenvalue weighted by Crippen LogP contribution is 2.37. The highest BCUT2D eigenvalue weighted by molar-refractivity contribution is 5.82. The summed E-state index contributed by atoms with van der Waals surface area (Å²) in [4.78, 5) is 17.6. The summed E-state index contributed by atoms with van der Waals surface area (Å²) in [7, 11) is 0. The van der Waals surface area contributed by atoms with E-state index in [1.54, 1.807) is 17.3 Å². The highest BCUT2D eigenvalue weighted by atomic mass is 19.1. The van der Waals surface area contributed by atoms with Crippen molar-refractivity contribution < 1.29 is 18.7 Å². The first-order chi connectivity index (χ1) is 13.0. The molecule has 4 rings (SSSR count). The third-order valence-electron chi connectivity index (χ3n) is 5.15. The van der Waals surface area contributed by atoms with Crippen molar-refractivity contribution in [3.8, 4) is 0 Å². The maximum atomic E-state index is 14.7. The molecule has 1 aliphatic rings. The van der Waals surface area contributed by atoms with Gasteiger partial charge in [0.25, 0.3) is 0 Å². The van der Waals surface area contributed by atoms with Crippen LogP contribution in [0.1, 0.15) is 30.0 Å². The molecule has 0 bridgehead atoms. The van der Waals surface area contributed by atoms with Gasteiger partial charge in [-0.25, -0.2) is 8.78 Å². The van der Waals surface area contributed by atoms with Crippen molar-refractivity contribution in [1.82, 2.24) is 9.88 Å². The standard InChI is InChI=1S/C21H18F2N2O2/c22-16-5-6-17(18(23)11-16)20(25-9-1-2-19(25)21(26)27)14-3-4-15-12-24-8-7-13(15)10-14/h3-8,10-12,19-20H,1-2,9H2,(H,26,27). The van der Waals surface area contributed by atoms with Crippen molar-refractivity contribution >= 4 is 16.7 Å². The molecule has 0 spiro atoms. The minimum absolute atomic E-state index is 0.276. The fourth-order valence-electron chi connectivity index (χ4n) is 3.91. The molecule has 1 saturated heterocycles. The Hall–Kier alpha value is -2.86. The second kappa shape index (κ2) is 7.04. The molecule has 2 heterocycles. The van der Waals surface area contributed by atoms with Crippen LogP contribution in [0.5, 0.6) is 0 Å². The van der Waals surface area contributed by atoms with Crippen molar-refractivity contribution in [2.24, 2.45) is 0 Å². The third kappa shape index (κ3) is 3.28. The van der Waals surface area contributed by atoms with E-state index in [4.69, 9.17) is 0 Å². The van der Waals surface area contributed by atoms with Gasteiger partial charge in [-0.15, -0.1) is 0 Å². The molecule has 0 aliphatic carbocycles. The van der Waals surface area contributed by atoms with Crippen molar-refractivity contribution in [3.63, 3.8) is 0 Å². The van der Waals surface area contributed by atoms with Crippen LogP contribution in [0.3, 0.4) is 0 Å². The Balaban J connectivity index is 1.87. The number of hydrogen-bond acceptors (Lipinski definition) is 3. The van der Waals surface area contributed by atoms with Gasteiger partial charge in [0.1, 0.15) is 17.7 Å². The first-order valence-corrected chi connectivity index (χ1v) is 8.82. The molecule has 3 aromatic rings. The Morgan fingerprint density at radius 1 is 1.15 bits per heavy atom. The van der Waals surface area contributed by atoms with E-state index in [1.807, 2.05) is 24.3 Å². The molecule has 2 aromatic carbocycles. The SMILES string of the molecule is O=C(O)C1CCCN1C(c1ccc2cnccc2c1)c1ccc(F)cc1F. The molecule has 1 aromatic heterocycles. The summed E-state index contributed by atoms with van der Waals surface area (Å²) in [5, 5.41) is 11.5. The summed E-state index contributed by atoms with van der Waals surface area (Å²) in [6.07, 6.45) is 4.64. The van der Waals surface area contributed by atoms with E-state index in [0.717, 1.165) is 22.4 Å². The second-order valence-electron chi connectivity index (χ2n) is 6.78. The number of hydrogen-bond donors (Lipinski definition) is 1. The van der Waals surface area contributed by atoms with Gasteiger partial charge in [0, 0.05) is 36.0 Å². The molecule has 27 heavy (non-hydrogen) atoms. The lowest BCUT2D eigenvalue weighted by Crippen LogP contribution is -2.39. The molecule has 1 N–H and O–H groups in total. The number of pyridine rings is 1. The molecular weight excluding hydrogens is 350 g/mol. The number of carbonyl (C=O) groups is 1. The van der Waals surface area contributed by atoms with Gasteiger partial charge in [-0.2, -0.15) is 0 Å². The molecule has 138 valence electrons. The van der Waals surface area contributed by atoms with Crippen LogP contribution in [-0.4, -0.2) is 33.5 Å². The summed E-state index contributed by atoms with van der Waals surface area (Å²) in [6.45, 7) is 0.535. The van der Waals surface area contributed by atoms with Crippen LogP contribution in [0.15, 0.2) is 54.9 Å². The topological polar surface area (TPSA) is 53.4 Å². The van der Waals surface area contributed by atoms with E-state index in [9.17, 15) is 18.7 Å². The van der Waals surface area contributed by atoms with Crippen LogP contribution in [-0.2, 0) is 4.79 Å². The molecule has 1 fully saturated rings. The van der Waals surface area contributed by atoms with Crippen molar-refractivity contribution in [2.75, 3.05) is 6.54 Å². The number of aliphatic carboxylic acids is 1. The molecular formula is C21H18F2N2O2. The summed E-state index contributed by atoms with van der Waals surface area (Å²) in [6, 6.07) is 9.67. The number of halogens is 2. The number of nitrogens with zero attached hydrogens (tertiary/aromatic N) is 2. The Labute approximate surface area is 155 Å². The predicted molar refractivity (Wildman–Crippen MR) is 97.3 cm³/mol. The summed E-state index contributed by atoms with van der Waals surface area (Å²) in [5.41, 5.74) is 1.05. The van der Waals surface area contributed by atoms with Crippen LogP contribution in [0.25, 0.3) is 10.8 Å². The van der Waals surface area contributed by atoms with E-state index in [-0.39, 0.29) is 5.56 Å². The predicted octanol–water partition coefficient (Wildman–Crippen LogP) is 4.15. The van der Waals surface area contributed by atoms with Crippen molar-refractivity contribution in [2.45, 2.75) is 24.9 Å². The van der Waals surface area contributed by atoms with Gasteiger partial charge in [0.2, 0.25) is 0 Å². The number of likely N-dealkylation sites (tertiary alicyclic amines) is 1. The van der Waals surface area contributed by atoms with E-state index in [1.165, 1.54) is 12.1 Å². The highest BCUT2D eigenvalue weighted by Gasteiger charge is 2.37. The maximum Gasteiger partial charge on any atom is 0.320 e. The van der Waals surface area contributed by atoms with Crippen LogP contribution in [0, 0.1) is 11.6 Å². The molecule has 2 atom stereocenters. The van der Waals surface area contributed by atoms with E-state index in [2.05, 4.69) is 4.98 Å². The number of benzene rings is 2. The van der Waals surface area contributed by atoms with Crippen LogP contribution in [0.4, 0.5) is 8.78 Å². The summed E-state index contributed by atoms with van der Waals surface area (Å²) < 4.78 is 28.1. The van der Waals surface area contributed by atoms with Gasteiger partial charge in [0.15, 0.2) is 0 Å². The van der Waals surface area contributed by atoms with Gasteiger partial charge in [0.05, 0.1) is 6.04 Å². The lowest BCUT2D eigenvalue weighted by Gasteiger charge is -2.32. The number of aromatic nitrogens is 1. The molecule has 2 unspecified atom stereocenters. The van der Waals surface area contributed by atoms with E-state index in [0.29, 0.717) is 19.4 Å². The first-order valence-electron chi connectivity index (χ1n) is 8.82.